The second-order valence-corrected chi connectivity index (χ2v) is 7.45. The van der Waals surface area contributed by atoms with E-state index in [9.17, 15) is 0 Å². The first-order valence-corrected chi connectivity index (χ1v) is 9.91. The fourth-order valence-electron chi connectivity index (χ4n) is 3.90. The van der Waals surface area contributed by atoms with Gasteiger partial charge in [0.2, 0.25) is 0 Å². The number of hydrogen-bond donors (Lipinski definition) is 1. The highest BCUT2D eigenvalue weighted by Crippen LogP contribution is 2.40. The van der Waals surface area contributed by atoms with Crippen LogP contribution < -0.4 is 14.8 Å². The lowest BCUT2D eigenvalue weighted by Crippen LogP contribution is -2.33. The van der Waals surface area contributed by atoms with E-state index in [0.29, 0.717) is 5.92 Å². The molecule has 1 atom stereocenters. The molecule has 0 radical (unpaired) electrons. The van der Waals surface area contributed by atoms with Crippen molar-refractivity contribution in [2.75, 3.05) is 40.4 Å². The maximum atomic E-state index is 5.79. The zero-order chi connectivity index (χ0) is 19.2. The van der Waals surface area contributed by atoms with Crippen molar-refractivity contribution < 1.29 is 9.47 Å². The van der Waals surface area contributed by atoms with Gasteiger partial charge in [-0.1, -0.05) is 50.2 Å². The van der Waals surface area contributed by atoms with Gasteiger partial charge in [-0.05, 0) is 36.1 Å². The van der Waals surface area contributed by atoms with Gasteiger partial charge in [0.15, 0.2) is 11.5 Å². The van der Waals surface area contributed by atoms with Crippen LogP contribution >= 0.6 is 0 Å². The molecule has 1 heterocycles. The van der Waals surface area contributed by atoms with E-state index in [-0.39, 0.29) is 6.04 Å². The molecule has 0 bridgehead atoms. The highest BCUT2D eigenvalue weighted by Gasteiger charge is 2.27. The molecule has 0 amide bonds. The third-order valence-electron chi connectivity index (χ3n) is 5.39. The number of nitrogens with one attached hydrogen (secondary N) is 1. The molecule has 4 nitrogen and oxygen atoms in total. The molecule has 3 rings (SSSR count). The van der Waals surface area contributed by atoms with Gasteiger partial charge in [-0.2, -0.15) is 0 Å². The van der Waals surface area contributed by atoms with Crippen LogP contribution in [0.1, 0.15) is 48.9 Å². The SMILES string of the molecule is COc1cccc(C(c2ccc(C(C)C)cc2)N2CCCNCC2)c1OC. The second kappa shape index (κ2) is 9.25. The van der Waals surface area contributed by atoms with Crippen molar-refractivity contribution in [2.24, 2.45) is 0 Å². The summed E-state index contributed by atoms with van der Waals surface area (Å²) in [5.74, 6) is 2.15. The summed E-state index contributed by atoms with van der Waals surface area (Å²) in [6.07, 6.45) is 1.15. The molecule has 1 N–H and O–H groups in total. The minimum absolute atomic E-state index is 0.149. The Kier molecular flexibility index (Phi) is 6.75. The first-order chi connectivity index (χ1) is 13.2. The van der Waals surface area contributed by atoms with Gasteiger partial charge in [0, 0.05) is 25.2 Å². The zero-order valence-electron chi connectivity index (χ0n) is 17.0. The molecule has 0 saturated carbocycles. The fraction of sp³-hybridized carbons (Fsp3) is 0.478. The van der Waals surface area contributed by atoms with Gasteiger partial charge in [-0.25, -0.2) is 0 Å². The average molecular weight is 369 g/mol. The molecule has 1 fully saturated rings. The van der Waals surface area contributed by atoms with Gasteiger partial charge in [-0.3, -0.25) is 4.90 Å². The minimum Gasteiger partial charge on any atom is -0.493 e. The van der Waals surface area contributed by atoms with Crippen LogP contribution in [0, 0.1) is 0 Å². The lowest BCUT2D eigenvalue weighted by atomic mass is 9.93. The molecule has 27 heavy (non-hydrogen) atoms. The van der Waals surface area contributed by atoms with E-state index < -0.39 is 0 Å². The summed E-state index contributed by atoms with van der Waals surface area (Å²) in [5, 5.41) is 3.51. The van der Waals surface area contributed by atoms with Crippen LogP contribution in [0.25, 0.3) is 0 Å². The average Bonchev–Trinajstić information content (AvgIpc) is 2.97. The topological polar surface area (TPSA) is 33.7 Å². The summed E-state index contributed by atoms with van der Waals surface area (Å²) in [7, 11) is 3.42. The highest BCUT2D eigenvalue weighted by atomic mass is 16.5. The Bertz CT molecular complexity index is 720. The maximum Gasteiger partial charge on any atom is 0.165 e. The summed E-state index contributed by atoms with van der Waals surface area (Å²) in [6, 6.07) is 15.4. The first-order valence-electron chi connectivity index (χ1n) is 9.91. The van der Waals surface area contributed by atoms with Crippen molar-refractivity contribution in [3.8, 4) is 11.5 Å². The summed E-state index contributed by atoms with van der Waals surface area (Å²) in [6.45, 7) is 8.62. The van der Waals surface area contributed by atoms with Crippen LogP contribution in [0.3, 0.4) is 0 Å². The van der Waals surface area contributed by atoms with Crippen LogP contribution in [0.5, 0.6) is 11.5 Å². The van der Waals surface area contributed by atoms with E-state index in [1.54, 1.807) is 14.2 Å². The Balaban J connectivity index is 2.07. The largest absolute Gasteiger partial charge is 0.493 e. The van der Waals surface area contributed by atoms with Gasteiger partial charge < -0.3 is 14.8 Å². The first kappa shape index (κ1) is 19.7. The second-order valence-electron chi connectivity index (χ2n) is 7.45. The third-order valence-corrected chi connectivity index (χ3v) is 5.39. The van der Waals surface area contributed by atoms with Crippen molar-refractivity contribution in [2.45, 2.75) is 32.2 Å². The molecule has 0 spiro atoms. The quantitative estimate of drug-likeness (QED) is 0.828. The molecule has 2 aromatic carbocycles. The summed E-state index contributed by atoms with van der Waals surface area (Å²) in [5.41, 5.74) is 3.83. The van der Waals surface area contributed by atoms with Crippen LogP contribution in [-0.2, 0) is 0 Å². The molecule has 1 aliphatic heterocycles. The number of rotatable bonds is 6. The van der Waals surface area contributed by atoms with Crippen molar-refractivity contribution >= 4 is 0 Å². The number of nitrogens with zero attached hydrogens (tertiary/aromatic N) is 1. The van der Waals surface area contributed by atoms with Gasteiger partial charge in [0.25, 0.3) is 0 Å². The van der Waals surface area contributed by atoms with Crippen molar-refractivity contribution in [1.82, 2.24) is 10.2 Å². The Hall–Kier alpha value is -2.04. The lowest BCUT2D eigenvalue weighted by molar-refractivity contribution is 0.234. The van der Waals surface area contributed by atoms with E-state index in [1.807, 2.05) is 6.07 Å². The van der Waals surface area contributed by atoms with E-state index in [0.717, 1.165) is 49.7 Å². The van der Waals surface area contributed by atoms with Crippen molar-refractivity contribution in [1.29, 1.82) is 0 Å². The van der Waals surface area contributed by atoms with Crippen molar-refractivity contribution in [3.05, 3.63) is 59.2 Å². The number of para-hydroxylation sites is 1. The van der Waals surface area contributed by atoms with Gasteiger partial charge in [0.05, 0.1) is 20.3 Å². The monoisotopic (exact) mass is 368 g/mol. The summed E-state index contributed by atoms with van der Waals surface area (Å²) in [4.78, 5) is 2.56. The normalized spacial score (nSPS) is 16.8. The number of methoxy groups -OCH3 is 2. The van der Waals surface area contributed by atoms with Gasteiger partial charge in [0.1, 0.15) is 0 Å². The molecule has 146 valence electrons. The predicted octanol–water partition coefficient (Wildman–Crippen LogP) is 4.21. The summed E-state index contributed by atoms with van der Waals surface area (Å²) >= 11 is 0. The van der Waals surface area contributed by atoms with E-state index in [1.165, 1.54) is 11.1 Å². The minimum atomic E-state index is 0.149. The van der Waals surface area contributed by atoms with Crippen LogP contribution in [0.4, 0.5) is 0 Å². The summed E-state index contributed by atoms with van der Waals surface area (Å²) < 4.78 is 11.4. The lowest BCUT2D eigenvalue weighted by Gasteiger charge is -2.32. The van der Waals surface area contributed by atoms with Gasteiger partial charge in [-0.15, -0.1) is 0 Å². The maximum absolute atomic E-state index is 5.79. The number of ether oxygens (including phenoxy) is 2. The Morgan fingerprint density at radius 1 is 0.889 bits per heavy atom. The van der Waals surface area contributed by atoms with E-state index in [4.69, 9.17) is 9.47 Å². The highest BCUT2D eigenvalue weighted by molar-refractivity contribution is 5.51. The molecule has 0 aromatic heterocycles. The third kappa shape index (κ3) is 4.45. The number of benzene rings is 2. The van der Waals surface area contributed by atoms with Crippen molar-refractivity contribution in [3.63, 3.8) is 0 Å². The molecule has 1 aliphatic rings. The fourth-order valence-corrected chi connectivity index (χ4v) is 3.90. The molecular weight excluding hydrogens is 336 g/mol. The molecule has 0 aliphatic carbocycles. The number of hydrogen-bond acceptors (Lipinski definition) is 4. The standard InChI is InChI=1S/C23H32N2O2/c1-17(2)18-9-11-19(12-10-18)22(25-15-6-13-24-14-16-25)20-7-5-8-21(26-3)23(20)27-4/h5,7-12,17,22,24H,6,13-16H2,1-4H3. The smallest absolute Gasteiger partial charge is 0.165 e. The zero-order valence-corrected chi connectivity index (χ0v) is 17.0. The molecular formula is C23H32N2O2. The van der Waals surface area contributed by atoms with Crippen LogP contribution in [0.2, 0.25) is 0 Å². The van der Waals surface area contributed by atoms with Crippen LogP contribution in [-0.4, -0.2) is 45.3 Å². The Labute approximate surface area is 163 Å². The molecule has 4 heteroatoms. The van der Waals surface area contributed by atoms with Crippen LogP contribution in [0.15, 0.2) is 42.5 Å². The molecule has 2 aromatic rings. The Morgan fingerprint density at radius 3 is 2.30 bits per heavy atom. The molecule has 1 saturated heterocycles. The molecule has 1 unspecified atom stereocenters. The Morgan fingerprint density at radius 2 is 1.63 bits per heavy atom. The predicted molar refractivity (Wildman–Crippen MR) is 111 cm³/mol. The van der Waals surface area contributed by atoms with E-state index in [2.05, 4.69) is 60.5 Å². The van der Waals surface area contributed by atoms with Gasteiger partial charge >= 0.3 is 0 Å². The van der Waals surface area contributed by atoms with E-state index >= 15 is 0 Å².